The van der Waals surface area contributed by atoms with Gasteiger partial charge in [0.25, 0.3) is 0 Å². The highest BCUT2D eigenvalue weighted by Crippen LogP contribution is 2.40. The molecular weight excluding hydrogens is 322 g/mol. The van der Waals surface area contributed by atoms with Gasteiger partial charge in [-0.3, -0.25) is 0 Å². The molecule has 17 heavy (non-hydrogen) atoms. The van der Waals surface area contributed by atoms with Crippen LogP contribution in [0, 0.1) is 5.92 Å². The average Bonchev–Trinajstić information content (AvgIpc) is 2.83. The SMILES string of the molecule is CCNC(c1cc(Cl)c(Br)s1)C1CCOC1C. The summed E-state index contributed by atoms with van der Waals surface area (Å²) >= 11 is 11.3. The second-order valence-corrected chi connectivity index (χ2v) is 7.14. The second kappa shape index (κ2) is 6.02. The van der Waals surface area contributed by atoms with E-state index in [1.54, 1.807) is 11.3 Å². The maximum atomic E-state index is 6.12. The van der Waals surface area contributed by atoms with Crippen molar-refractivity contribution in [3.63, 3.8) is 0 Å². The first-order valence-corrected chi connectivity index (χ1v) is 7.92. The first-order chi connectivity index (χ1) is 8.13. The number of hydrogen-bond acceptors (Lipinski definition) is 3. The zero-order chi connectivity index (χ0) is 12.4. The van der Waals surface area contributed by atoms with Crippen LogP contribution in [0.4, 0.5) is 0 Å². The molecule has 96 valence electrons. The van der Waals surface area contributed by atoms with Gasteiger partial charge in [-0.1, -0.05) is 18.5 Å². The molecule has 1 aromatic heterocycles. The van der Waals surface area contributed by atoms with E-state index < -0.39 is 0 Å². The van der Waals surface area contributed by atoms with Crippen molar-refractivity contribution in [1.29, 1.82) is 0 Å². The summed E-state index contributed by atoms with van der Waals surface area (Å²) in [6.45, 7) is 6.12. The Morgan fingerprint density at radius 3 is 2.94 bits per heavy atom. The Morgan fingerprint density at radius 1 is 1.71 bits per heavy atom. The summed E-state index contributed by atoms with van der Waals surface area (Å²) in [5.74, 6) is 0.538. The smallest absolute Gasteiger partial charge is 0.0887 e. The van der Waals surface area contributed by atoms with Gasteiger partial charge in [0, 0.05) is 23.4 Å². The van der Waals surface area contributed by atoms with Gasteiger partial charge in [-0.2, -0.15) is 0 Å². The van der Waals surface area contributed by atoms with E-state index >= 15 is 0 Å². The normalized spacial score (nSPS) is 26.4. The lowest BCUT2D eigenvalue weighted by molar-refractivity contribution is 0.0959. The fourth-order valence-corrected chi connectivity index (χ4v) is 4.28. The van der Waals surface area contributed by atoms with Gasteiger partial charge in [-0.25, -0.2) is 0 Å². The molecule has 1 saturated heterocycles. The predicted molar refractivity (Wildman–Crippen MR) is 77.0 cm³/mol. The molecule has 1 aliphatic heterocycles. The predicted octanol–water partition coefficient (Wildman–Crippen LogP) is 4.24. The third-order valence-electron chi connectivity index (χ3n) is 3.26. The molecule has 1 aliphatic rings. The summed E-state index contributed by atoms with van der Waals surface area (Å²) in [6.07, 6.45) is 1.44. The molecule has 2 nitrogen and oxygen atoms in total. The summed E-state index contributed by atoms with van der Waals surface area (Å²) in [6, 6.07) is 2.42. The van der Waals surface area contributed by atoms with Crippen LogP contribution in [0.15, 0.2) is 9.85 Å². The summed E-state index contributed by atoms with van der Waals surface area (Å²) < 4.78 is 6.69. The maximum absolute atomic E-state index is 6.12. The van der Waals surface area contributed by atoms with E-state index in [0.29, 0.717) is 18.1 Å². The maximum Gasteiger partial charge on any atom is 0.0887 e. The van der Waals surface area contributed by atoms with Crippen LogP contribution < -0.4 is 5.32 Å². The third-order valence-corrected chi connectivity index (χ3v) is 5.82. The van der Waals surface area contributed by atoms with E-state index in [1.807, 2.05) is 0 Å². The molecule has 1 N–H and O–H groups in total. The lowest BCUT2D eigenvalue weighted by Crippen LogP contribution is -2.31. The molecule has 0 saturated carbocycles. The first-order valence-electron chi connectivity index (χ1n) is 5.93. The summed E-state index contributed by atoms with van der Waals surface area (Å²) in [5, 5.41) is 4.37. The number of rotatable bonds is 4. The average molecular weight is 339 g/mol. The Morgan fingerprint density at radius 2 is 2.47 bits per heavy atom. The van der Waals surface area contributed by atoms with E-state index in [-0.39, 0.29) is 0 Å². The van der Waals surface area contributed by atoms with Gasteiger partial charge in [0.1, 0.15) is 0 Å². The van der Waals surface area contributed by atoms with E-state index in [2.05, 4.69) is 41.2 Å². The fraction of sp³-hybridized carbons (Fsp3) is 0.667. The van der Waals surface area contributed by atoms with Crippen LogP contribution in [0.3, 0.4) is 0 Å². The van der Waals surface area contributed by atoms with Crippen molar-refractivity contribution in [3.8, 4) is 0 Å². The number of halogens is 2. The van der Waals surface area contributed by atoms with Gasteiger partial charge in [0.05, 0.1) is 14.9 Å². The van der Waals surface area contributed by atoms with Crippen LogP contribution in [-0.2, 0) is 4.74 Å². The van der Waals surface area contributed by atoms with Crippen LogP contribution in [0.2, 0.25) is 5.02 Å². The molecule has 0 aliphatic carbocycles. The summed E-state index contributed by atoms with van der Waals surface area (Å²) in [4.78, 5) is 1.30. The summed E-state index contributed by atoms with van der Waals surface area (Å²) in [5.41, 5.74) is 0. The number of nitrogens with one attached hydrogen (secondary N) is 1. The van der Waals surface area contributed by atoms with E-state index in [1.165, 1.54) is 4.88 Å². The van der Waals surface area contributed by atoms with Crippen LogP contribution in [0.5, 0.6) is 0 Å². The van der Waals surface area contributed by atoms with Crippen LogP contribution in [0.1, 0.15) is 31.2 Å². The highest BCUT2D eigenvalue weighted by Gasteiger charge is 2.33. The van der Waals surface area contributed by atoms with Gasteiger partial charge >= 0.3 is 0 Å². The highest BCUT2D eigenvalue weighted by molar-refractivity contribution is 9.11. The highest BCUT2D eigenvalue weighted by atomic mass is 79.9. The fourth-order valence-electron chi connectivity index (χ4n) is 2.39. The molecule has 0 radical (unpaired) electrons. The minimum absolute atomic E-state index is 0.318. The van der Waals surface area contributed by atoms with Crippen molar-refractivity contribution in [2.75, 3.05) is 13.2 Å². The molecule has 5 heteroatoms. The molecule has 3 unspecified atom stereocenters. The molecule has 3 atom stereocenters. The van der Waals surface area contributed by atoms with Gasteiger partial charge in [-0.15, -0.1) is 11.3 Å². The van der Waals surface area contributed by atoms with Gasteiger partial charge in [-0.05, 0) is 41.9 Å². The zero-order valence-electron chi connectivity index (χ0n) is 10.0. The minimum Gasteiger partial charge on any atom is -0.378 e. The molecule has 0 bridgehead atoms. The topological polar surface area (TPSA) is 21.3 Å². The number of thiophene rings is 1. The summed E-state index contributed by atoms with van der Waals surface area (Å²) in [7, 11) is 0. The van der Waals surface area contributed by atoms with Crippen molar-refractivity contribution in [1.82, 2.24) is 5.32 Å². The second-order valence-electron chi connectivity index (χ2n) is 4.33. The van der Waals surface area contributed by atoms with E-state index in [9.17, 15) is 0 Å². The monoisotopic (exact) mass is 337 g/mol. The van der Waals surface area contributed by atoms with Crippen molar-refractivity contribution >= 4 is 38.9 Å². The molecule has 2 heterocycles. The van der Waals surface area contributed by atoms with E-state index in [4.69, 9.17) is 16.3 Å². The molecule has 0 aromatic carbocycles. The Balaban J connectivity index is 2.21. The molecular formula is C12H17BrClNOS. The third kappa shape index (κ3) is 3.04. The quantitative estimate of drug-likeness (QED) is 0.886. The van der Waals surface area contributed by atoms with Gasteiger partial charge in [0.15, 0.2) is 0 Å². The van der Waals surface area contributed by atoms with Crippen LogP contribution in [-0.4, -0.2) is 19.3 Å². The standard InChI is InChI=1S/C12H17BrClNOS/c1-3-15-11(8-4-5-16-7(8)2)10-6-9(14)12(13)17-10/h6-8,11,15H,3-5H2,1-2H3. The largest absolute Gasteiger partial charge is 0.378 e. The lowest BCUT2D eigenvalue weighted by Gasteiger charge is -2.25. The molecule has 0 amide bonds. The Hall–Kier alpha value is 0.390. The molecule has 2 rings (SSSR count). The molecule has 0 spiro atoms. The van der Waals surface area contributed by atoms with Crippen molar-refractivity contribution in [3.05, 3.63) is 19.8 Å². The van der Waals surface area contributed by atoms with Gasteiger partial charge in [0.2, 0.25) is 0 Å². The van der Waals surface area contributed by atoms with Crippen molar-refractivity contribution in [2.45, 2.75) is 32.4 Å². The van der Waals surface area contributed by atoms with Crippen LogP contribution in [0.25, 0.3) is 0 Å². The number of hydrogen-bond donors (Lipinski definition) is 1. The lowest BCUT2D eigenvalue weighted by atomic mass is 9.92. The molecule has 1 aromatic rings. The van der Waals surface area contributed by atoms with Gasteiger partial charge < -0.3 is 10.1 Å². The zero-order valence-corrected chi connectivity index (χ0v) is 13.2. The molecule has 1 fully saturated rings. The Bertz CT molecular complexity index is 365. The first kappa shape index (κ1) is 13.8. The van der Waals surface area contributed by atoms with Crippen molar-refractivity contribution in [2.24, 2.45) is 5.92 Å². The Kier molecular flexibility index (Phi) is 4.89. The minimum atomic E-state index is 0.318. The van der Waals surface area contributed by atoms with Crippen LogP contribution >= 0.6 is 38.9 Å². The van der Waals surface area contributed by atoms with Crippen molar-refractivity contribution < 1.29 is 4.74 Å². The Labute approximate surface area is 120 Å². The number of ether oxygens (including phenoxy) is 1. The van der Waals surface area contributed by atoms with E-state index in [0.717, 1.165) is 28.4 Å².